The first-order valence-corrected chi connectivity index (χ1v) is 12.4. The maximum Gasteiger partial charge on any atom is 0.306 e. The monoisotopic (exact) mass is 560 g/mol. The lowest BCUT2D eigenvalue weighted by molar-refractivity contribution is -0.757. The van der Waals surface area contributed by atoms with Crippen molar-refractivity contribution in [2.45, 2.75) is 45.3 Å². The van der Waals surface area contributed by atoms with Gasteiger partial charge in [0.25, 0.3) is 5.09 Å². The average molecular weight is 561 g/mol. The first-order chi connectivity index (χ1) is 19.2. The van der Waals surface area contributed by atoms with Gasteiger partial charge in [-0.25, -0.2) is 0 Å². The second kappa shape index (κ2) is 13.5. The lowest BCUT2D eigenvalue weighted by Gasteiger charge is -2.23. The minimum Gasteiger partial charge on any atom is -0.493 e. The van der Waals surface area contributed by atoms with E-state index >= 15 is 0 Å². The summed E-state index contributed by atoms with van der Waals surface area (Å²) in [7, 11) is 5.76. The SMILES string of the molecule is COc1c(COC(=O)CCCO[N+](=O)[O-])c2c(c(OC)c1OC)-c1ccc(OC)c(=O)cc1C(NC(C)=O)CC2. The first-order valence-electron chi connectivity index (χ1n) is 12.4. The van der Waals surface area contributed by atoms with Gasteiger partial charge in [-0.15, -0.1) is 10.1 Å². The fourth-order valence-corrected chi connectivity index (χ4v) is 4.82. The molecule has 13 heteroatoms. The predicted molar refractivity (Wildman–Crippen MR) is 141 cm³/mol. The van der Waals surface area contributed by atoms with E-state index in [0.29, 0.717) is 52.2 Å². The van der Waals surface area contributed by atoms with Crippen LogP contribution in [0.5, 0.6) is 23.0 Å². The third kappa shape index (κ3) is 6.53. The average Bonchev–Trinajstić information content (AvgIpc) is 3.17. The molecular weight excluding hydrogens is 528 g/mol. The van der Waals surface area contributed by atoms with Gasteiger partial charge in [0.2, 0.25) is 17.1 Å². The lowest BCUT2D eigenvalue weighted by atomic mass is 9.91. The fraction of sp³-hybridized carbons (Fsp3) is 0.444. The van der Waals surface area contributed by atoms with Crippen molar-refractivity contribution in [3.8, 4) is 34.1 Å². The molecule has 3 rings (SSSR count). The summed E-state index contributed by atoms with van der Waals surface area (Å²) in [5, 5.41) is 12.3. The van der Waals surface area contributed by atoms with E-state index in [1.165, 1.54) is 41.4 Å². The number of amides is 1. The number of benzene rings is 1. The third-order valence-corrected chi connectivity index (χ3v) is 6.46. The molecule has 0 bridgehead atoms. The molecule has 0 aromatic heterocycles. The van der Waals surface area contributed by atoms with Gasteiger partial charge in [-0.05, 0) is 48.1 Å². The van der Waals surface area contributed by atoms with Crippen LogP contribution in [0.4, 0.5) is 0 Å². The number of methoxy groups -OCH3 is 4. The zero-order chi connectivity index (χ0) is 29.4. The Bertz CT molecular complexity index is 1340. The van der Waals surface area contributed by atoms with Gasteiger partial charge < -0.3 is 33.8 Å². The summed E-state index contributed by atoms with van der Waals surface area (Å²) in [5.74, 6) is 0.137. The molecule has 1 aliphatic carbocycles. The van der Waals surface area contributed by atoms with E-state index in [2.05, 4.69) is 10.2 Å². The Morgan fingerprint density at radius 3 is 2.35 bits per heavy atom. The van der Waals surface area contributed by atoms with Crippen molar-refractivity contribution in [2.24, 2.45) is 0 Å². The molecular formula is C27H32N2O11. The topological polar surface area (TPSA) is 162 Å². The van der Waals surface area contributed by atoms with Gasteiger partial charge in [0.1, 0.15) is 6.61 Å². The van der Waals surface area contributed by atoms with Crippen LogP contribution in [0.3, 0.4) is 0 Å². The number of carbonyl (C=O) groups is 2. The van der Waals surface area contributed by atoms with Crippen LogP contribution < -0.4 is 29.7 Å². The summed E-state index contributed by atoms with van der Waals surface area (Å²) >= 11 is 0. The van der Waals surface area contributed by atoms with Crippen molar-refractivity contribution in [3.05, 3.63) is 55.2 Å². The van der Waals surface area contributed by atoms with Crippen molar-refractivity contribution in [2.75, 3.05) is 35.0 Å². The molecule has 0 heterocycles. The summed E-state index contributed by atoms with van der Waals surface area (Å²) < 4.78 is 28.0. The summed E-state index contributed by atoms with van der Waals surface area (Å²) in [5.41, 5.74) is 2.60. The molecule has 1 aliphatic rings. The van der Waals surface area contributed by atoms with Crippen LogP contribution in [0.1, 0.15) is 48.9 Å². The van der Waals surface area contributed by atoms with Crippen LogP contribution in [0.25, 0.3) is 11.1 Å². The quantitative estimate of drug-likeness (QED) is 0.176. The number of hydrogen-bond acceptors (Lipinski definition) is 11. The van der Waals surface area contributed by atoms with Crippen LogP contribution in [-0.2, 0) is 32.2 Å². The molecule has 2 aromatic rings. The van der Waals surface area contributed by atoms with Crippen molar-refractivity contribution < 1.29 is 43.2 Å². The van der Waals surface area contributed by atoms with E-state index in [4.69, 9.17) is 23.7 Å². The summed E-state index contributed by atoms with van der Waals surface area (Å²) in [4.78, 5) is 52.1. The van der Waals surface area contributed by atoms with Crippen molar-refractivity contribution in [3.63, 3.8) is 0 Å². The minimum absolute atomic E-state index is 0.0962. The van der Waals surface area contributed by atoms with E-state index in [1.54, 1.807) is 12.1 Å². The second-order valence-corrected chi connectivity index (χ2v) is 8.82. The van der Waals surface area contributed by atoms with Crippen LogP contribution in [-0.4, -0.2) is 52.0 Å². The highest BCUT2D eigenvalue weighted by Gasteiger charge is 2.33. The fourth-order valence-electron chi connectivity index (χ4n) is 4.82. The van der Waals surface area contributed by atoms with Gasteiger partial charge in [0.05, 0.1) is 41.1 Å². The van der Waals surface area contributed by atoms with Crippen LogP contribution in [0.2, 0.25) is 0 Å². The Morgan fingerprint density at radius 1 is 1.05 bits per heavy atom. The van der Waals surface area contributed by atoms with Crippen molar-refractivity contribution in [1.29, 1.82) is 0 Å². The van der Waals surface area contributed by atoms with Gasteiger partial charge in [-0.3, -0.25) is 14.4 Å². The maximum atomic E-state index is 12.9. The molecule has 0 saturated heterocycles. The molecule has 13 nitrogen and oxygen atoms in total. The normalized spacial score (nSPS) is 13.6. The Hall–Kier alpha value is -4.55. The summed E-state index contributed by atoms with van der Waals surface area (Å²) in [6.45, 7) is 0.963. The largest absolute Gasteiger partial charge is 0.493 e. The zero-order valence-electron chi connectivity index (χ0n) is 23.0. The van der Waals surface area contributed by atoms with Crippen LogP contribution in [0, 0.1) is 10.1 Å². The van der Waals surface area contributed by atoms with E-state index in [-0.39, 0.29) is 48.9 Å². The van der Waals surface area contributed by atoms with Crippen LogP contribution >= 0.6 is 0 Å². The summed E-state index contributed by atoms with van der Waals surface area (Å²) in [6.07, 6.45) is 0.803. The van der Waals surface area contributed by atoms with Crippen molar-refractivity contribution >= 4 is 11.9 Å². The van der Waals surface area contributed by atoms with Gasteiger partial charge in [0.15, 0.2) is 17.2 Å². The molecule has 0 saturated carbocycles. The third-order valence-electron chi connectivity index (χ3n) is 6.46. The highest BCUT2D eigenvalue weighted by Crippen LogP contribution is 2.52. The highest BCUT2D eigenvalue weighted by atomic mass is 16.9. The number of carbonyl (C=O) groups excluding carboxylic acids is 2. The minimum atomic E-state index is -0.924. The molecule has 0 spiro atoms. The molecule has 1 atom stereocenters. The van der Waals surface area contributed by atoms with E-state index in [0.717, 1.165) is 0 Å². The van der Waals surface area contributed by atoms with Crippen molar-refractivity contribution in [1.82, 2.24) is 5.32 Å². The number of nitrogens with zero attached hydrogens (tertiary/aromatic N) is 1. The predicted octanol–water partition coefficient (Wildman–Crippen LogP) is 2.90. The number of esters is 1. The molecule has 1 amide bonds. The Kier molecular flexibility index (Phi) is 10.1. The van der Waals surface area contributed by atoms with Gasteiger partial charge >= 0.3 is 5.97 Å². The summed E-state index contributed by atoms with van der Waals surface area (Å²) in [6, 6.07) is 4.17. The van der Waals surface area contributed by atoms with E-state index in [9.17, 15) is 24.5 Å². The molecule has 0 radical (unpaired) electrons. The van der Waals surface area contributed by atoms with Gasteiger partial charge in [-0.1, -0.05) is 6.07 Å². The first kappa shape index (κ1) is 30.0. The molecule has 1 unspecified atom stereocenters. The zero-order valence-corrected chi connectivity index (χ0v) is 23.0. The number of ether oxygens (including phenoxy) is 5. The maximum absolute atomic E-state index is 12.9. The molecule has 2 aromatic carbocycles. The second-order valence-electron chi connectivity index (χ2n) is 8.82. The molecule has 40 heavy (non-hydrogen) atoms. The van der Waals surface area contributed by atoms with Gasteiger partial charge in [-0.2, -0.15) is 0 Å². The number of fused-ring (bicyclic) bond motifs is 3. The van der Waals surface area contributed by atoms with Gasteiger partial charge in [0, 0.05) is 24.5 Å². The molecule has 0 aliphatic heterocycles. The Labute approximate surface area is 230 Å². The molecule has 216 valence electrons. The van der Waals surface area contributed by atoms with E-state index < -0.39 is 17.1 Å². The highest BCUT2D eigenvalue weighted by molar-refractivity contribution is 5.85. The van der Waals surface area contributed by atoms with Crippen LogP contribution in [0.15, 0.2) is 23.0 Å². The van der Waals surface area contributed by atoms with E-state index in [1.807, 2.05) is 0 Å². The Balaban J connectivity index is 2.20. The molecule has 0 fully saturated rings. The molecule has 1 N–H and O–H groups in total. The Morgan fingerprint density at radius 2 is 1.75 bits per heavy atom. The number of hydrogen-bond donors (Lipinski definition) is 1. The standard InChI is InChI=1S/C27H32N2O11/c1-15(30)28-20-10-8-17-19(14-39-23(32)7-6-12-40-29(33)34)25(36-3)27(38-5)26(37-4)24(17)16-9-11-22(35-2)21(31)13-18(16)20/h9,11,13,20H,6-8,10,12,14H2,1-5H3,(H,28,30). The number of nitrogens with one attached hydrogen (secondary N) is 1. The smallest absolute Gasteiger partial charge is 0.306 e. The number of rotatable bonds is 12. The lowest BCUT2D eigenvalue weighted by Crippen LogP contribution is -2.26.